The summed E-state index contributed by atoms with van der Waals surface area (Å²) in [5, 5.41) is 10.00. The summed E-state index contributed by atoms with van der Waals surface area (Å²) in [6.07, 6.45) is 10.1. The molecule has 4 rings (SSSR count). The second kappa shape index (κ2) is 9.61. The number of ketones is 1. The minimum absolute atomic E-state index is 0.0195. The van der Waals surface area contributed by atoms with E-state index in [9.17, 15) is 18.3 Å². The third kappa shape index (κ3) is 4.98. The highest BCUT2D eigenvalue weighted by Gasteiger charge is 2.57. The molecule has 0 aromatic carbocycles. The molecule has 0 aromatic heterocycles. The van der Waals surface area contributed by atoms with Crippen molar-refractivity contribution < 1.29 is 27.6 Å². The first kappa shape index (κ1) is 24.2. The predicted octanol–water partition coefficient (Wildman–Crippen LogP) is 3.90. The van der Waals surface area contributed by atoms with Crippen LogP contribution >= 0.6 is 10.8 Å². The van der Waals surface area contributed by atoms with Crippen molar-refractivity contribution in [2.24, 2.45) is 35.0 Å². The molecule has 8 heteroatoms. The molecule has 172 valence electrons. The number of allylic oxidation sites excluding steroid dienone is 1. The van der Waals surface area contributed by atoms with Crippen LogP contribution in [0.1, 0.15) is 58.3 Å². The van der Waals surface area contributed by atoms with Crippen molar-refractivity contribution in [3.63, 3.8) is 0 Å². The minimum atomic E-state index is -4.17. The van der Waals surface area contributed by atoms with Gasteiger partial charge in [-0.05, 0) is 80.5 Å². The van der Waals surface area contributed by atoms with Crippen LogP contribution in [0.25, 0.3) is 0 Å². The first-order valence-electron chi connectivity index (χ1n) is 11.0. The van der Waals surface area contributed by atoms with Gasteiger partial charge < -0.3 is 9.84 Å². The Balaban J connectivity index is 0.000000806. The van der Waals surface area contributed by atoms with Crippen LogP contribution in [0, 0.1) is 35.0 Å². The van der Waals surface area contributed by atoms with Gasteiger partial charge in [-0.3, -0.25) is 9.35 Å². The average Bonchev–Trinajstić information content (AvgIpc) is 3.03. The Morgan fingerprint density at radius 2 is 1.90 bits per heavy atom. The van der Waals surface area contributed by atoms with Gasteiger partial charge in [-0.2, -0.15) is 8.42 Å². The lowest BCUT2D eigenvalue weighted by molar-refractivity contribution is -0.126. The van der Waals surface area contributed by atoms with Crippen LogP contribution in [-0.4, -0.2) is 49.9 Å². The zero-order valence-corrected chi connectivity index (χ0v) is 19.9. The Morgan fingerprint density at radius 3 is 2.57 bits per heavy atom. The van der Waals surface area contributed by atoms with E-state index in [2.05, 4.69) is 17.7 Å². The summed E-state index contributed by atoms with van der Waals surface area (Å²) in [5.41, 5.74) is 1.42. The molecule has 3 fully saturated rings. The quantitative estimate of drug-likeness (QED) is 0.373. The van der Waals surface area contributed by atoms with Gasteiger partial charge >= 0.3 is 9.15 Å². The van der Waals surface area contributed by atoms with Gasteiger partial charge in [-0.25, -0.2) is 0 Å². The van der Waals surface area contributed by atoms with Crippen LogP contribution in [0.3, 0.4) is 0 Å². The van der Waals surface area contributed by atoms with E-state index in [0.717, 1.165) is 51.4 Å². The smallest absolute Gasteiger partial charge is 0.320 e. The van der Waals surface area contributed by atoms with Gasteiger partial charge in [0.15, 0.2) is 0 Å². The zero-order chi connectivity index (χ0) is 22.1. The second-order valence-electron chi connectivity index (χ2n) is 9.73. The Labute approximate surface area is 184 Å². The summed E-state index contributed by atoms with van der Waals surface area (Å²) < 4.78 is 35.2. The maximum atomic E-state index is 12.7. The molecule has 0 spiro atoms. The Hall–Kier alpha value is -0.410. The molecule has 0 bridgehead atoms. The number of fused-ring (bicyclic) bond motifs is 5. The third-order valence-electron chi connectivity index (χ3n) is 8.16. The number of aliphatic hydroxyl groups is 1. The number of hydrogen-bond donors (Lipinski definition) is 2. The molecule has 0 aliphatic heterocycles. The highest BCUT2D eigenvalue weighted by molar-refractivity contribution is 8.70. The number of hydrogen-bond acceptors (Lipinski definition) is 6. The normalized spacial score (nSPS) is 40.2. The van der Waals surface area contributed by atoms with Gasteiger partial charge in [-0.1, -0.05) is 18.6 Å². The Kier molecular flexibility index (Phi) is 7.76. The van der Waals surface area contributed by atoms with Crippen molar-refractivity contribution in [1.29, 1.82) is 0 Å². The molecule has 4 aliphatic rings. The zero-order valence-electron chi connectivity index (χ0n) is 18.2. The lowest BCUT2D eigenvalue weighted by Crippen LogP contribution is -2.47. The van der Waals surface area contributed by atoms with E-state index in [1.54, 1.807) is 14.2 Å². The van der Waals surface area contributed by atoms with Crippen molar-refractivity contribution in [1.82, 2.24) is 0 Å². The lowest BCUT2D eigenvalue weighted by atomic mass is 9.51. The van der Waals surface area contributed by atoms with Gasteiger partial charge in [0.25, 0.3) is 0 Å². The first-order chi connectivity index (χ1) is 14.1. The van der Waals surface area contributed by atoms with Gasteiger partial charge in [0.2, 0.25) is 0 Å². The van der Waals surface area contributed by atoms with Crippen LogP contribution in [0.4, 0.5) is 0 Å². The molecule has 3 saturated carbocycles. The average molecular weight is 461 g/mol. The maximum Gasteiger partial charge on any atom is 0.320 e. The van der Waals surface area contributed by atoms with Gasteiger partial charge in [-0.15, -0.1) is 0 Å². The lowest BCUT2D eigenvalue weighted by Gasteiger charge is -2.53. The van der Waals surface area contributed by atoms with E-state index in [4.69, 9.17) is 4.55 Å². The molecular formula is C22H36O6S2. The number of rotatable bonds is 4. The van der Waals surface area contributed by atoms with Crippen LogP contribution < -0.4 is 0 Å². The van der Waals surface area contributed by atoms with Gasteiger partial charge in [0, 0.05) is 30.9 Å². The molecule has 2 N–H and O–H groups in total. The summed E-state index contributed by atoms with van der Waals surface area (Å²) in [7, 11) is -0.568. The molecule has 0 radical (unpaired) electrons. The molecule has 0 aromatic rings. The summed E-state index contributed by atoms with van der Waals surface area (Å²) in [6, 6.07) is 0. The largest absolute Gasteiger partial charge is 0.393 e. The van der Waals surface area contributed by atoms with E-state index in [1.807, 2.05) is 0 Å². The standard InChI is InChI=1S/C20H30O5S2.C2H6O/c1-20-9-8-15-14-5-3-13(21)10-12(14)2-4-16(15)17(20)6-7-18(20)19(22)11-26-27(23,24)25;1-3-2/h2,13-18,21H,3-11H2,1H3,(H,23,24,25);1-2H3. The third-order valence-corrected chi connectivity index (χ3v) is 10.1. The molecule has 0 heterocycles. The molecule has 7 unspecified atom stereocenters. The fourth-order valence-corrected chi connectivity index (χ4v) is 8.27. The number of methoxy groups -OCH3 is 1. The number of carbonyl (C=O) groups excluding carboxylic acids is 1. The predicted molar refractivity (Wildman–Crippen MR) is 119 cm³/mol. The van der Waals surface area contributed by atoms with Crippen molar-refractivity contribution in [3.8, 4) is 0 Å². The SMILES string of the molecule is CC12CCC3C4CCC(O)CC4=CCC3C1CCC2C(=O)CSS(=O)(=O)O.COC. The Bertz CT molecular complexity index is 764. The van der Waals surface area contributed by atoms with Crippen LogP contribution in [0.5, 0.6) is 0 Å². The number of Topliss-reactive ketones (excluding diaryl/α,β-unsaturated/α-hetero) is 1. The fraction of sp³-hybridized carbons (Fsp3) is 0.864. The van der Waals surface area contributed by atoms with Gasteiger partial charge in [0.1, 0.15) is 5.78 Å². The monoisotopic (exact) mass is 460 g/mol. The van der Waals surface area contributed by atoms with Crippen LogP contribution in [-0.2, 0) is 18.7 Å². The minimum Gasteiger partial charge on any atom is -0.393 e. The topological polar surface area (TPSA) is 101 Å². The van der Waals surface area contributed by atoms with Crippen molar-refractivity contribution >= 4 is 25.7 Å². The van der Waals surface area contributed by atoms with E-state index in [-0.39, 0.29) is 29.0 Å². The van der Waals surface area contributed by atoms with E-state index < -0.39 is 9.15 Å². The van der Waals surface area contributed by atoms with Crippen LogP contribution in [0.2, 0.25) is 0 Å². The molecular weight excluding hydrogens is 424 g/mol. The van der Waals surface area contributed by atoms with E-state index in [0.29, 0.717) is 34.5 Å². The summed E-state index contributed by atoms with van der Waals surface area (Å²) in [5.74, 6) is 2.17. The summed E-state index contributed by atoms with van der Waals surface area (Å²) in [6.45, 7) is 2.24. The first-order valence-corrected chi connectivity index (χ1v) is 14.0. The number of carbonyl (C=O) groups is 1. The molecule has 30 heavy (non-hydrogen) atoms. The molecule has 0 amide bonds. The maximum absolute atomic E-state index is 12.7. The molecule has 4 aliphatic carbocycles. The number of ether oxygens (including phenoxy) is 1. The molecule has 6 nitrogen and oxygen atoms in total. The Morgan fingerprint density at radius 1 is 1.20 bits per heavy atom. The van der Waals surface area contributed by atoms with E-state index >= 15 is 0 Å². The summed E-state index contributed by atoms with van der Waals surface area (Å²) >= 11 is 0. The molecule has 0 saturated heterocycles. The summed E-state index contributed by atoms with van der Waals surface area (Å²) in [4.78, 5) is 12.7. The van der Waals surface area contributed by atoms with Crippen molar-refractivity contribution in [2.45, 2.75) is 64.4 Å². The highest BCUT2D eigenvalue weighted by atomic mass is 33.1. The highest BCUT2D eigenvalue weighted by Crippen LogP contribution is 2.63. The second-order valence-corrected chi connectivity index (χ2v) is 13.1. The fourth-order valence-electron chi connectivity index (χ4n) is 7.01. The number of aliphatic hydroxyl groups excluding tert-OH is 1. The molecule has 7 atom stereocenters. The van der Waals surface area contributed by atoms with E-state index in [1.165, 1.54) is 5.57 Å². The van der Waals surface area contributed by atoms with Crippen LogP contribution in [0.15, 0.2) is 11.6 Å². The van der Waals surface area contributed by atoms with Crippen molar-refractivity contribution in [2.75, 3.05) is 20.0 Å². The van der Waals surface area contributed by atoms with Gasteiger partial charge in [0.05, 0.1) is 11.9 Å². The van der Waals surface area contributed by atoms with Crippen molar-refractivity contribution in [3.05, 3.63) is 11.6 Å².